The molecule has 0 radical (unpaired) electrons. The third-order valence-electron chi connectivity index (χ3n) is 4.46. The standard InChI is InChI=1S/C15H20FNO/c1-3-14(2)9-17-10-15(18-14)7-6-11-8-12(16)4-5-13(11)15/h4-5,8,17H,3,6-7,9-10H2,1-2H3. The second kappa shape index (κ2) is 4.04. The first kappa shape index (κ1) is 12.1. The molecule has 2 nitrogen and oxygen atoms in total. The van der Waals surface area contributed by atoms with Crippen LogP contribution in [-0.4, -0.2) is 18.7 Å². The van der Waals surface area contributed by atoms with E-state index in [-0.39, 0.29) is 17.0 Å². The van der Waals surface area contributed by atoms with Crippen LogP contribution in [0.3, 0.4) is 0 Å². The molecule has 1 spiro atoms. The Morgan fingerprint density at radius 3 is 3.00 bits per heavy atom. The van der Waals surface area contributed by atoms with Crippen molar-refractivity contribution in [3.8, 4) is 0 Å². The lowest BCUT2D eigenvalue weighted by Gasteiger charge is -2.46. The maximum Gasteiger partial charge on any atom is 0.123 e. The minimum Gasteiger partial charge on any atom is -0.361 e. The van der Waals surface area contributed by atoms with Gasteiger partial charge in [-0.2, -0.15) is 0 Å². The summed E-state index contributed by atoms with van der Waals surface area (Å²) in [6.07, 6.45) is 2.85. The van der Waals surface area contributed by atoms with E-state index in [4.69, 9.17) is 4.74 Å². The Hall–Kier alpha value is -0.930. The summed E-state index contributed by atoms with van der Waals surface area (Å²) in [5.41, 5.74) is 1.92. The number of morpholine rings is 1. The molecule has 2 unspecified atom stereocenters. The van der Waals surface area contributed by atoms with Gasteiger partial charge in [-0.1, -0.05) is 13.0 Å². The molecule has 1 fully saturated rings. The number of aryl methyl sites for hydroxylation is 1. The molecule has 1 aromatic rings. The summed E-state index contributed by atoms with van der Waals surface area (Å²) in [6.45, 7) is 6.03. The monoisotopic (exact) mass is 249 g/mol. The molecule has 1 N–H and O–H groups in total. The molecule has 2 atom stereocenters. The minimum atomic E-state index is -0.244. The molecular formula is C15H20FNO. The van der Waals surface area contributed by atoms with Crippen LogP contribution in [0.1, 0.15) is 37.8 Å². The second-order valence-electron chi connectivity index (χ2n) is 5.80. The molecule has 0 saturated carbocycles. The van der Waals surface area contributed by atoms with Crippen LogP contribution < -0.4 is 5.32 Å². The second-order valence-corrected chi connectivity index (χ2v) is 5.80. The number of nitrogens with one attached hydrogen (secondary N) is 1. The predicted octanol–water partition coefficient (Wildman–Crippen LogP) is 2.76. The van der Waals surface area contributed by atoms with E-state index in [0.29, 0.717) is 0 Å². The van der Waals surface area contributed by atoms with Gasteiger partial charge in [-0.25, -0.2) is 4.39 Å². The third-order valence-corrected chi connectivity index (χ3v) is 4.46. The molecule has 18 heavy (non-hydrogen) atoms. The lowest BCUT2D eigenvalue weighted by molar-refractivity contribution is -0.176. The molecule has 0 aromatic heterocycles. The van der Waals surface area contributed by atoms with E-state index in [1.807, 2.05) is 6.07 Å². The molecule has 98 valence electrons. The average Bonchev–Trinajstić information content (AvgIpc) is 2.67. The quantitative estimate of drug-likeness (QED) is 0.826. The molecule has 0 bridgehead atoms. The molecule has 1 aliphatic heterocycles. The zero-order valence-corrected chi connectivity index (χ0v) is 11.1. The van der Waals surface area contributed by atoms with Crippen LogP contribution in [0.5, 0.6) is 0 Å². The predicted molar refractivity (Wildman–Crippen MR) is 69.0 cm³/mol. The van der Waals surface area contributed by atoms with E-state index < -0.39 is 0 Å². The molecule has 1 aliphatic carbocycles. The van der Waals surface area contributed by atoms with Crippen molar-refractivity contribution in [2.75, 3.05) is 13.1 Å². The fourth-order valence-electron chi connectivity index (χ4n) is 3.24. The molecule has 1 heterocycles. The van der Waals surface area contributed by atoms with Crippen LogP contribution in [0, 0.1) is 5.82 Å². The van der Waals surface area contributed by atoms with Crippen LogP contribution in [-0.2, 0) is 16.8 Å². The highest BCUT2D eigenvalue weighted by Gasteiger charge is 2.47. The summed E-state index contributed by atoms with van der Waals surface area (Å²) in [5.74, 6) is -0.146. The minimum absolute atomic E-state index is 0.117. The number of benzene rings is 1. The van der Waals surface area contributed by atoms with E-state index >= 15 is 0 Å². The number of fused-ring (bicyclic) bond motifs is 2. The Morgan fingerprint density at radius 1 is 1.39 bits per heavy atom. The van der Waals surface area contributed by atoms with Gasteiger partial charge in [0.15, 0.2) is 0 Å². The number of halogens is 1. The largest absolute Gasteiger partial charge is 0.361 e. The maximum atomic E-state index is 13.3. The van der Waals surface area contributed by atoms with Crippen LogP contribution in [0.4, 0.5) is 4.39 Å². The first-order chi connectivity index (χ1) is 8.57. The number of ether oxygens (including phenoxy) is 1. The van der Waals surface area contributed by atoms with Crippen LogP contribution in [0.15, 0.2) is 18.2 Å². The van der Waals surface area contributed by atoms with E-state index in [1.165, 1.54) is 5.56 Å². The first-order valence-electron chi connectivity index (χ1n) is 6.77. The Labute approximate surface area is 108 Å². The molecule has 3 rings (SSSR count). The van der Waals surface area contributed by atoms with Crippen molar-refractivity contribution in [2.24, 2.45) is 0 Å². The van der Waals surface area contributed by atoms with Crippen molar-refractivity contribution in [1.82, 2.24) is 5.32 Å². The number of hydrogen-bond acceptors (Lipinski definition) is 2. The van der Waals surface area contributed by atoms with Crippen molar-refractivity contribution in [3.63, 3.8) is 0 Å². The van der Waals surface area contributed by atoms with Gasteiger partial charge in [0.05, 0.1) is 5.60 Å². The molecule has 0 amide bonds. The van der Waals surface area contributed by atoms with Crippen molar-refractivity contribution < 1.29 is 9.13 Å². The summed E-state index contributed by atoms with van der Waals surface area (Å²) in [7, 11) is 0. The summed E-state index contributed by atoms with van der Waals surface area (Å²) in [4.78, 5) is 0. The van der Waals surface area contributed by atoms with Crippen LogP contribution in [0.25, 0.3) is 0 Å². The zero-order valence-electron chi connectivity index (χ0n) is 11.1. The van der Waals surface area contributed by atoms with Crippen LogP contribution >= 0.6 is 0 Å². The smallest absolute Gasteiger partial charge is 0.123 e. The highest BCUT2D eigenvalue weighted by Crippen LogP contribution is 2.44. The van der Waals surface area contributed by atoms with Gasteiger partial charge in [-0.15, -0.1) is 0 Å². The molecule has 1 aromatic carbocycles. The third kappa shape index (κ3) is 1.77. The van der Waals surface area contributed by atoms with Gasteiger partial charge < -0.3 is 10.1 Å². The lowest BCUT2D eigenvalue weighted by atomic mass is 9.90. The van der Waals surface area contributed by atoms with Gasteiger partial charge >= 0.3 is 0 Å². The van der Waals surface area contributed by atoms with E-state index in [1.54, 1.807) is 12.1 Å². The van der Waals surface area contributed by atoms with Crippen molar-refractivity contribution in [2.45, 2.75) is 44.3 Å². The van der Waals surface area contributed by atoms with Crippen LogP contribution in [0.2, 0.25) is 0 Å². The Kier molecular flexibility index (Phi) is 2.72. The molecular weight excluding hydrogens is 229 g/mol. The SMILES string of the molecule is CCC1(C)CNCC2(CCc3cc(F)ccc32)O1. The first-order valence-corrected chi connectivity index (χ1v) is 6.77. The van der Waals surface area contributed by atoms with Crippen molar-refractivity contribution in [1.29, 1.82) is 0 Å². The van der Waals surface area contributed by atoms with Gasteiger partial charge in [0.1, 0.15) is 11.4 Å². The van der Waals surface area contributed by atoms with Gasteiger partial charge in [0, 0.05) is 13.1 Å². The summed E-state index contributed by atoms with van der Waals surface area (Å²) in [5, 5.41) is 3.50. The van der Waals surface area contributed by atoms with Crippen molar-refractivity contribution >= 4 is 0 Å². The Balaban J connectivity index is 1.99. The number of hydrogen-bond donors (Lipinski definition) is 1. The van der Waals surface area contributed by atoms with Gasteiger partial charge in [-0.05, 0) is 49.4 Å². The summed E-state index contributed by atoms with van der Waals surface area (Å²) >= 11 is 0. The fourth-order valence-corrected chi connectivity index (χ4v) is 3.24. The highest BCUT2D eigenvalue weighted by atomic mass is 19.1. The van der Waals surface area contributed by atoms with Crippen molar-refractivity contribution in [3.05, 3.63) is 35.1 Å². The zero-order chi connectivity index (χ0) is 12.8. The van der Waals surface area contributed by atoms with E-state index in [0.717, 1.165) is 37.9 Å². The Morgan fingerprint density at radius 2 is 2.22 bits per heavy atom. The van der Waals surface area contributed by atoms with Gasteiger partial charge in [0.2, 0.25) is 0 Å². The van der Waals surface area contributed by atoms with E-state index in [9.17, 15) is 4.39 Å². The highest BCUT2D eigenvalue weighted by molar-refractivity contribution is 5.39. The molecule has 2 aliphatic rings. The number of rotatable bonds is 1. The van der Waals surface area contributed by atoms with E-state index in [2.05, 4.69) is 19.2 Å². The van der Waals surface area contributed by atoms with Gasteiger partial charge in [0.25, 0.3) is 0 Å². The average molecular weight is 249 g/mol. The summed E-state index contributed by atoms with van der Waals surface area (Å²) < 4.78 is 19.7. The topological polar surface area (TPSA) is 21.3 Å². The van der Waals surface area contributed by atoms with Gasteiger partial charge in [-0.3, -0.25) is 0 Å². The summed E-state index contributed by atoms with van der Waals surface area (Å²) in [6, 6.07) is 5.11. The normalized spacial score (nSPS) is 34.8. The fraction of sp³-hybridized carbons (Fsp3) is 0.600. The molecule has 3 heteroatoms. The molecule has 1 saturated heterocycles. The lowest BCUT2D eigenvalue weighted by Crippen LogP contribution is -2.56. The Bertz CT molecular complexity index is 476. The maximum absolute atomic E-state index is 13.3.